The van der Waals surface area contributed by atoms with E-state index in [2.05, 4.69) is 15.3 Å². The molecule has 1 aromatic carbocycles. The van der Waals surface area contributed by atoms with Crippen molar-refractivity contribution in [3.8, 4) is 11.5 Å². The van der Waals surface area contributed by atoms with Gasteiger partial charge >= 0.3 is 0 Å². The first kappa shape index (κ1) is 13.9. The van der Waals surface area contributed by atoms with Gasteiger partial charge in [-0.25, -0.2) is 9.97 Å². The number of aromatic nitrogens is 2. The van der Waals surface area contributed by atoms with Crippen LogP contribution in [0, 0.1) is 6.92 Å². The van der Waals surface area contributed by atoms with Gasteiger partial charge in [0, 0.05) is 18.3 Å². The Bertz CT molecular complexity index is 629. The summed E-state index contributed by atoms with van der Waals surface area (Å²) in [6, 6.07) is 7.90. The average Bonchev–Trinajstić information content (AvgIpc) is 2.46. The second-order valence-electron chi connectivity index (χ2n) is 4.82. The first-order valence-electron chi connectivity index (χ1n) is 6.84. The minimum atomic E-state index is 0.261. The van der Waals surface area contributed by atoms with Crippen LogP contribution in [-0.4, -0.2) is 29.7 Å². The Labute approximate surface area is 128 Å². The van der Waals surface area contributed by atoms with Gasteiger partial charge in [0.2, 0.25) is 5.28 Å². The standard InChI is InChI=1S/C15H16ClN3O2/c1-10-8-14(19-15(16)18-10)17-5-4-11-2-3-12-13(9-11)21-7-6-20-12/h2-3,8-9H,4-7H2,1H3,(H,17,18,19). The molecule has 0 spiro atoms. The monoisotopic (exact) mass is 305 g/mol. The van der Waals surface area contributed by atoms with E-state index in [1.54, 1.807) is 0 Å². The number of rotatable bonds is 4. The number of halogens is 1. The molecule has 0 aliphatic carbocycles. The lowest BCUT2D eigenvalue weighted by Crippen LogP contribution is -2.15. The Balaban J connectivity index is 1.60. The zero-order valence-corrected chi connectivity index (χ0v) is 12.5. The van der Waals surface area contributed by atoms with E-state index in [4.69, 9.17) is 21.1 Å². The molecule has 2 heterocycles. The number of ether oxygens (including phenoxy) is 2. The van der Waals surface area contributed by atoms with Crippen LogP contribution < -0.4 is 14.8 Å². The molecule has 5 nitrogen and oxygen atoms in total. The van der Waals surface area contributed by atoms with Gasteiger partial charge in [0.15, 0.2) is 11.5 Å². The molecule has 0 saturated heterocycles. The summed E-state index contributed by atoms with van der Waals surface area (Å²) in [6.07, 6.45) is 0.858. The number of anilines is 1. The Morgan fingerprint density at radius 2 is 1.95 bits per heavy atom. The maximum atomic E-state index is 5.83. The van der Waals surface area contributed by atoms with E-state index in [1.807, 2.05) is 31.2 Å². The molecule has 21 heavy (non-hydrogen) atoms. The van der Waals surface area contributed by atoms with Crippen molar-refractivity contribution >= 4 is 17.4 Å². The highest BCUT2D eigenvalue weighted by atomic mass is 35.5. The summed E-state index contributed by atoms with van der Waals surface area (Å²) >= 11 is 5.83. The number of benzene rings is 1. The van der Waals surface area contributed by atoms with Crippen LogP contribution in [0.3, 0.4) is 0 Å². The van der Waals surface area contributed by atoms with E-state index in [0.717, 1.165) is 36.0 Å². The highest BCUT2D eigenvalue weighted by Gasteiger charge is 2.11. The van der Waals surface area contributed by atoms with Gasteiger partial charge in [0.05, 0.1) is 0 Å². The van der Waals surface area contributed by atoms with Crippen molar-refractivity contribution in [3.05, 3.63) is 40.8 Å². The van der Waals surface area contributed by atoms with Gasteiger partial charge in [0.1, 0.15) is 19.0 Å². The van der Waals surface area contributed by atoms with Crippen LogP contribution in [-0.2, 0) is 6.42 Å². The van der Waals surface area contributed by atoms with Gasteiger partial charge in [-0.15, -0.1) is 0 Å². The minimum absolute atomic E-state index is 0.261. The maximum absolute atomic E-state index is 5.83. The molecule has 1 aromatic heterocycles. The molecule has 3 rings (SSSR count). The molecule has 0 amide bonds. The molecule has 6 heteroatoms. The molecule has 2 aromatic rings. The summed E-state index contributed by atoms with van der Waals surface area (Å²) in [5.41, 5.74) is 2.03. The molecule has 1 aliphatic heterocycles. The van der Waals surface area contributed by atoms with Crippen molar-refractivity contribution in [1.29, 1.82) is 0 Å². The van der Waals surface area contributed by atoms with E-state index < -0.39 is 0 Å². The van der Waals surface area contributed by atoms with Crippen molar-refractivity contribution in [2.45, 2.75) is 13.3 Å². The highest BCUT2D eigenvalue weighted by Crippen LogP contribution is 2.30. The smallest absolute Gasteiger partial charge is 0.224 e. The summed E-state index contributed by atoms with van der Waals surface area (Å²) in [5, 5.41) is 3.51. The molecular formula is C15H16ClN3O2. The fourth-order valence-electron chi connectivity index (χ4n) is 2.20. The molecule has 0 atom stereocenters. The third kappa shape index (κ3) is 3.55. The zero-order chi connectivity index (χ0) is 14.7. The molecule has 0 saturated carbocycles. The van der Waals surface area contributed by atoms with Crippen LogP contribution in [0.15, 0.2) is 24.3 Å². The molecule has 1 N–H and O–H groups in total. The zero-order valence-electron chi connectivity index (χ0n) is 11.7. The van der Waals surface area contributed by atoms with E-state index in [9.17, 15) is 0 Å². The molecular weight excluding hydrogens is 290 g/mol. The topological polar surface area (TPSA) is 56.3 Å². The van der Waals surface area contributed by atoms with Crippen molar-refractivity contribution in [1.82, 2.24) is 9.97 Å². The van der Waals surface area contributed by atoms with Crippen molar-refractivity contribution < 1.29 is 9.47 Å². The predicted octanol–water partition coefficient (Wildman–Crippen LogP) is 2.86. The van der Waals surface area contributed by atoms with Crippen LogP contribution in [0.1, 0.15) is 11.3 Å². The summed E-state index contributed by atoms with van der Waals surface area (Å²) in [4.78, 5) is 8.17. The fourth-order valence-corrected chi connectivity index (χ4v) is 2.43. The van der Waals surface area contributed by atoms with Crippen molar-refractivity contribution in [2.24, 2.45) is 0 Å². The highest BCUT2D eigenvalue weighted by molar-refractivity contribution is 6.28. The van der Waals surface area contributed by atoms with Crippen LogP contribution in [0.25, 0.3) is 0 Å². The van der Waals surface area contributed by atoms with Gasteiger partial charge < -0.3 is 14.8 Å². The Hall–Kier alpha value is -2.01. The van der Waals surface area contributed by atoms with Crippen molar-refractivity contribution in [2.75, 3.05) is 25.1 Å². The van der Waals surface area contributed by atoms with E-state index in [1.165, 1.54) is 5.56 Å². The van der Waals surface area contributed by atoms with Gasteiger partial charge in [-0.3, -0.25) is 0 Å². The Kier molecular flexibility index (Phi) is 4.10. The van der Waals surface area contributed by atoms with Crippen LogP contribution in [0.2, 0.25) is 5.28 Å². The van der Waals surface area contributed by atoms with Crippen molar-refractivity contribution in [3.63, 3.8) is 0 Å². The van der Waals surface area contributed by atoms with Crippen LogP contribution in [0.5, 0.6) is 11.5 Å². The molecule has 0 unspecified atom stereocenters. The summed E-state index contributed by atoms with van der Waals surface area (Å²) in [6.45, 7) is 3.86. The molecule has 0 bridgehead atoms. The quantitative estimate of drug-likeness (QED) is 0.880. The number of nitrogens with zero attached hydrogens (tertiary/aromatic N) is 2. The average molecular weight is 306 g/mol. The number of nitrogens with one attached hydrogen (secondary N) is 1. The summed E-state index contributed by atoms with van der Waals surface area (Å²) in [7, 11) is 0. The molecule has 0 fully saturated rings. The van der Waals surface area contributed by atoms with Gasteiger partial charge in [-0.1, -0.05) is 6.07 Å². The van der Waals surface area contributed by atoms with Crippen LogP contribution >= 0.6 is 11.6 Å². The number of hydrogen-bond acceptors (Lipinski definition) is 5. The molecule has 0 radical (unpaired) electrons. The Morgan fingerprint density at radius 1 is 1.14 bits per heavy atom. The van der Waals surface area contributed by atoms with Crippen LogP contribution in [0.4, 0.5) is 5.82 Å². The third-order valence-electron chi connectivity index (χ3n) is 3.15. The SMILES string of the molecule is Cc1cc(NCCc2ccc3c(c2)OCCO3)nc(Cl)n1. The number of hydrogen-bond donors (Lipinski definition) is 1. The Morgan fingerprint density at radius 3 is 2.76 bits per heavy atom. The normalized spacial score (nSPS) is 13.0. The lowest BCUT2D eigenvalue weighted by atomic mass is 10.1. The summed E-state index contributed by atoms with van der Waals surface area (Å²) < 4.78 is 11.1. The third-order valence-corrected chi connectivity index (χ3v) is 3.32. The molecule has 110 valence electrons. The van der Waals surface area contributed by atoms with Gasteiger partial charge in [0.25, 0.3) is 0 Å². The van der Waals surface area contributed by atoms with Gasteiger partial charge in [-0.05, 0) is 42.6 Å². The maximum Gasteiger partial charge on any atom is 0.224 e. The lowest BCUT2D eigenvalue weighted by Gasteiger charge is -2.18. The second-order valence-corrected chi connectivity index (χ2v) is 5.16. The second kappa shape index (κ2) is 6.18. The largest absolute Gasteiger partial charge is 0.486 e. The number of fused-ring (bicyclic) bond motifs is 1. The summed E-state index contributed by atoms with van der Waals surface area (Å²) in [5.74, 6) is 2.38. The fraction of sp³-hybridized carbons (Fsp3) is 0.333. The first-order valence-corrected chi connectivity index (χ1v) is 7.22. The first-order chi connectivity index (χ1) is 10.2. The van der Waals surface area contributed by atoms with E-state index >= 15 is 0 Å². The number of aryl methyl sites for hydroxylation is 1. The van der Waals surface area contributed by atoms with E-state index in [0.29, 0.717) is 13.2 Å². The predicted molar refractivity (Wildman–Crippen MR) is 81.4 cm³/mol. The molecule has 1 aliphatic rings. The minimum Gasteiger partial charge on any atom is -0.486 e. The van der Waals surface area contributed by atoms with E-state index in [-0.39, 0.29) is 5.28 Å². The van der Waals surface area contributed by atoms with Gasteiger partial charge in [-0.2, -0.15) is 0 Å². The lowest BCUT2D eigenvalue weighted by molar-refractivity contribution is 0.171.